The first-order chi connectivity index (χ1) is 14.5. The van der Waals surface area contributed by atoms with Gasteiger partial charge in [0.1, 0.15) is 23.3 Å². The molecule has 1 heterocycles. The Hall–Kier alpha value is -3.09. The van der Waals surface area contributed by atoms with Crippen molar-refractivity contribution in [1.82, 2.24) is 4.90 Å². The highest BCUT2D eigenvalue weighted by Gasteiger charge is 2.32. The summed E-state index contributed by atoms with van der Waals surface area (Å²) >= 11 is 0. The predicted octanol–water partition coefficient (Wildman–Crippen LogP) is 2.01. The minimum Gasteiger partial charge on any atom is -0.492 e. The maximum atomic E-state index is 13.6. The zero-order valence-electron chi connectivity index (χ0n) is 16.7. The lowest BCUT2D eigenvalue weighted by Gasteiger charge is -2.31. The molecular weight excluding hydrogens is 406 g/mol. The molecule has 0 aromatic heterocycles. The van der Waals surface area contributed by atoms with Gasteiger partial charge in [0.2, 0.25) is 5.91 Å². The summed E-state index contributed by atoms with van der Waals surface area (Å²) in [6.45, 7) is 3.32. The first kappa shape index (κ1) is 21.6. The molecule has 1 amide bonds. The van der Waals surface area contributed by atoms with Gasteiger partial charge in [-0.2, -0.15) is 5.26 Å². The number of benzene rings is 2. The number of hydrogen-bond acceptors (Lipinski definition) is 6. The summed E-state index contributed by atoms with van der Waals surface area (Å²) < 4.78 is 39.1. The molecule has 0 bridgehead atoms. The van der Waals surface area contributed by atoms with Crippen molar-refractivity contribution in [2.45, 2.75) is 11.8 Å². The number of carbonyl (C=O) groups is 1. The third-order valence-corrected chi connectivity index (χ3v) is 6.47. The van der Waals surface area contributed by atoms with Gasteiger partial charge in [-0.05, 0) is 31.2 Å². The van der Waals surface area contributed by atoms with Crippen molar-refractivity contribution >= 4 is 21.6 Å². The highest BCUT2D eigenvalue weighted by molar-refractivity contribution is 7.93. The Morgan fingerprint density at radius 1 is 1.17 bits per heavy atom. The molecule has 158 valence electrons. The summed E-state index contributed by atoms with van der Waals surface area (Å²) in [4.78, 5) is 14.4. The molecular formula is C21H23N3O5S. The molecule has 2 aromatic carbocycles. The Morgan fingerprint density at radius 2 is 1.83 bits per heavy atom. The Kier molecular flexibility index (Phi) is 6.92. The fourth-order valence-corrected chi connectivity index (χ4v) is 4.75. The number of hydrogen-bond donors (Lipinski definition) is 0. The van der Waals surface area contributed by atoms with Gasteiger partial charge >= 0.3 is 0 Å². The summed E-state index contributed by atoms with van der Waals surface area (Å²) in [5.41, 5.74) is 0.254. The van der Waals surface area contributed by atoms with Crippen molar-refractivity contribution in [3.05, 3.63) is 54.1 Å². The highest BCUT2D eigenvalue weighted by Crippen LogP contribution is 2.33. The Morgan fingerprint density at radius 3 is 2.53 bits per heavy atom. The van der Waals surface area contributed by atoms with Crippen LogP contribution in [0.2, 0.25) is 0 Å². The van der Waals surface area contributed by atoms with Crippen molar-refractivity contribution in [3.63, 3.8) is 0 Å². The lowest BCUT2D eigenvalue weighted by atomic mass is 10.2. The lowest BCUT2D eigenvalue weighted by molar-refractivity contribution is -0.133. The highest BCUT2D eigenvalue weighted by atomic mass is 32.2. The zero-order chi connectivity index (χ0) is 21.6. The van der Waals surface area contributed by atoms with E-state index in [1.54, 1.807) is 48.2 Å². The van der Waals surface area contributed by atoms with Crippen LogP contribution in [-0.4, -0.2) is 58.7 Å². The number of para-hydroxylation sites is 2. The molecule has 0 spiro atoms. The van der Waals surface area contributed by atoms with Crippen LogP contribution in [0.1, 0.15) is 12.5 Å². The minimum absolute atomic E-state index is 0.00946. The van der Waals surface area contributed by atoms with E-state index in [2.05, 4.69) is 0 Å². The molecule has 3 rings (SSSR count). The van der Waals surface area contributed by atoms with Gasteiger partial charge in [0.25, 0.3) is 10.0 Å². The molecule has 30 heavy (non-hydrogen) atoms. The second-order valence-electron chi connectivity index (χ2n) is 6.51. The van der Waals surface area contributed by atoms with Crippen molar-refractivity contribution in [1.29, 1.82) is 5.26 Å². The SMILES string of the molecule is CCOc1ccccc1N(CC(=O)N1CCOCC1)S(=O)(=O)c1ccccc1C#N. The quantitative estimate of drug-likeness (QED) is 0.668. The van der Waals surface area contributed by atoms with Crippen molar-refractivity contribution in [3.8, 4) is 11.8 Å². The third kappa shape index (κ3) is 4.56. The van der Waals surface area contributed by atoms with Gasteiger partial charge in [-0.25, -0.2) is 8.42 Å². The van der Waals surface area contributed by atoms with E-state index in [4.69, 9.17) is 9.47 Å². The van der Waals surface area contributed by atoms with Crippen LogP contribution < -0.4 is 9.04 Å². The monoisotopic (exact) mass is 429 g/mol. The largest absolute Gasteiger partial charge is 0.492 e. The van der Waals surface area contributed by atoms with Crippen LogP contribution in [0.4, 0.5) is 5.69 Å². The number of amides is 1. The van der Waals surface area contributed by atoms with Crippen molar-refractivity contribution < 1.29 is 22.7 Å². The number of carbonyl (C=O) groups excluding carboxylic acids is 1. The molecule has 0 unspecified atom stereocenters. The molecule has 9 heteroatoms. The normalized spacial score (nSPS) is 14.1. The molecule has 8 nitrogen and oxygen atoms in total. The van der Waals surface area contributed by atoms with Gasteiger partial charge < -0.3 is 14.4 Å². The Balaban J connectivity index is 2.08. The van der Waals surface area contributed by atoms with E-state index in [0.29, 0.717) is 38.7 Å². The van der Waals surface area contributed by atoms with Gasteiger partial charge in [0.15, 0.2) is 0 Å². The zero-order valence-corrected chi connectivity index (χ0v) is 17.5. The van der Waals surface area contributed by atoms with E-state index in [0.717, 1.165) is 4.31 Å². The maximum absolute atomic E-state index is 13.6. The molecule has 1 fully saturated rings. The van der Waals surface area contributed by atoms with Crippen LogP contribution in [-0.2, 0) is 19.6 Å². The molecule has 0 radical (unpaired) electrons. The fourth-order valence-electron chi connectivity index (χ4n) is 3.18. The van der Waals surface area contributed by atoms with E-state index < -0.39 is 16.6 Å². The molecule has 0 atom stereocenters. The van der Waals surface area contributed by atoms with E-state index in [9.17, 15) is 18.5 Å². The maximum Gasteiger partial charge on any atom is 0.266 e. The van der Waals surface area contributed by atoms with Gasteiger partial charge in [-0.1, -0.05) is 24.3 Å². The first-order valence-corrected chi connectivity index (χ1v) is 11.0. The summed E-state index contributed by atoms with van der Waals surface area (Å²) in [6, 6.07) is 14.5. The number of nitrogens with zero attached hydrogens (tertiary/aromatic N) is 3. The van der Waals surface area contributed by atoms with Gasteiger partial charge in [-0.3, -0.25) is 9.10 Å². The Labute approximate surface area is 176 Å². The lowest BCUT2D eigenvalue weighted by Crippen LogP contribution is -2.47. The minimum atomic E-state index is -4.22. The standard InChI is InChI=1S/C21H23N3O5S/c1-2-29-19-9-5-4-8-18(19)24(16-21(25)23-11-13-28-14-12-23)30(26,27)20-10-6-3-7-17(20)15-22/h3-10H,2,11-14,16H2,1H3. The van der Waals surface area contributed by atoms with Crippen LogP contribution >= 0.6 is 0 Å². The molecule has 1 aliphatic rings. The number of sulfonamides is 1. The van der Waals surface area contributed by atoms with E-state index in [1.165, 1.54) is 12.1 Å². The van der Waals surface area contributed by atoms with Gasteiger partial charge in [0.05, 0.1) is 31.1 Å². The molecule has 1 aliphatic heterocycles. The van der Waals surface area contributed by atoms with Crippen LogP contribution in [0.3, 0.4) is 0 Å². The molecule has 0 aliphatic carbocycles. The number of anilines is 1. The number of rotatable bonds is 7. The van der Waals surface area contributed by atoms with Crippen LogP contribution in [0.15, 0.2) is 53.4 Å². The summed E-state index contributed by atoms with van der Waals surface area (Å²) in [7, 11) is -4.22. The molecule has 2 aromatic rings. The molecule has 0 N–H and O–H groups in total. The Bertz CT molecular complexity index is 1040. The van der Waals surface area contributed by atoms with Crippen LogP contribution in [0.25, 0.3) is 0 Å². The third-order valence-electron chi connectivity index (χ3n) is 4.65. The van der Waals surface area contributed by atoms with E-state index in [1.807, 2.05) is 6.07 Å². The smallest absolute Gasteiger partial charge is 0.266 e. The second kappa shape index (κ2) is 9.61. The van der Waals surface area contributed by atoms with Crippen LogP contribution in [0, 0.1) is 11.3 Å². The van der Waals surface area contributed by atoms with E-state index >= 15 is 0 Å². The topological polar surface area (TPSA) is 99.9 Å². The first-order valence-electron chi connectivity index (χ1n) is 9.58. The molecule has 1 saturated heterocycles. The number of morpholine rings is 1. The fraction of sp³-hybridized carbons (Fsp3) is 0.333. The number of ether oxygens (including phenoxy) is 2. The van der Waals surface area contributed by atoms with Crippen molar-refractivity contribution in [2.75, 3.05) is 43.8 Å². The average Bonchev–Trinajstić information content (AvgIpc) is 2.78. The van der Waals surface area contributed by atoms with Gasteiger partial charge in [0, 0.05) is 13.1 Å². The van der Waals surface area contributed by atoms with Crippen molar-refractivity contribution in [2.24, 2.45) is 0 Å². The summed E-state index contributed by atoms with van der Waals surface area (Å²) in [6.07, 6.45) is 0. The summed E-state index contributed by atoms with van der Waals surface area (Å²) in [5.74, 6) is -0.00425. The molecule has 0 saturated carbocycles. The predicted molar refractivity (Wildman–Crippen MR) is 111 cm³/mol. The van der Waals surface area contributed by atoms with Gasteiger partial charge in [-0.15, -0.1) is 0 Å². The second-order valence-corrected chi connectivity index (χ2v) is 8.34. The number of nitriles is 1. The van der Waals surface area contributed by atoms with E-state index in [-0.39, 0.29) is 22.1 Å². The average molecular weight is 429 g/mol. The summed E-state index contributed by atoms with van der Waals surface area (Å²) in [5, 5.41) is 9.41. The van der Waals surface area contributed by atoms with Crippen LogP contribution in [0.5, 0.6) is 5.75 Å².